The number of nitrogens with one attached hydrogen (secondary N) is 1. The molecule has 1 amide bonds. The van der Waals surface area contributed by atoms with Crippen LogP contribution in [0.3, 0.4) is 0 Å². The van der Waals surface area contributed by atoms with E-state index in [0.717, 1.165) is 6.42 Å². The molecule has 3 aromatic rings. The first-order chi connectivity index (χ1) is 13.4. The molecule has 0 spiro atoms. The zero-order chi connectivity index (χ0) is 20.3. The Hall–Kier alpha value is -2.02. The van der Waals surface area contributed by atoms with Gasteiger partial charge in [-0.2, -0.15) is 0 Å². The topological polar surface area (TPSA) is 64.0 Å². The van der Waals surface area contributed by atoms with Crippen molar-refractivity contribution in [2.75, 3.05) is 5.32 Å². The van der Waals surface area contributed by atoms with Crippen LogP contribution in [-0.2, 0) is 11.3 Å². The van der Waals surface area contributed by atoms with Crippen LogP contribution in [0.1, 0.15) is 20.3 Å². The summed E-state index contributed by atoms with van der Waals surface area (Å²) in [4.78, 5) is 30.1. The Bertz CT molecular complexity index is 1080. The van der Waals surface area contributed by atoms with Gasteiger partial charge in [0.25, 0.3) is 5.56 Å². The molecule has 3 rings (SSSR count). The zero-order valence-corrected chi connectivity index (χ0v) is 17.7. The summed E-state index contributed by atoms with van der Waals surface area (Å²) in [6.45, 7) is 4.30. The average molecular weight is 436 g/mol. The summed E-state index contributed by atoms with van der Waals surface area (Å²) in [6, 6.07) is 12.1. The number of fused-ring (bicyclic) bond motifs is 1. The molecule has 146 valence electrons. The molecule has 1 atom stereocenters. The van der Waals surface area contributed by atoms with Crippen LogP contribution in [0.5, 0.6) is 0 Å². The van der Waals surface area contributed by atoms with E-state index < -0.39 is 5.25 Å². The van der Waals surface area contributed by atoms with E-state index in [2.05, 4.69) is 10.3 Å². The van der Waals surface area contributed by atoms with Crippen molar-refractivity contribution in [3.05, 3.63) is 62.9 Å². The third-order valence-corrected chi connectivity index (χ3v) is 5.75. The molecular weight excluding hydrogens is 417 g/mol. The highest BCUT2D eigenvalue weighted by Gasteiger charge is 2.20. The van der Waals surface area contributed by atoms with Gasteiger partial charge in [-0.15, -0.1) is 0 Å². The van der Waals surface area contributed by atoms with Crippen molar-refractivity contribution >= 4 is 57.5 Å². The fourth-order valence-electron chi connectivity index (χ4n) is 2.70. The lowest BCUT2D eigenvalue weighted by Gasteiger charge is -2.16. The summed E-state index contributed by atoms with van der Waals surface area (Å²) >= 11 is 13.3. The van der Waals surface area contributed by atoms with Gasteiger partial charge in [-0.1, -0.05) is 54.0 Å². The van der Waals surface area contributed by atoms with E-state index in [1.807, 2.05) is 19.1 Å². The number of hydrogen-bond acceptors (Lipinski definition) is 4. The highest BCUT2D eigenvalue weighted by molar-refractivity contribution is 8.00. The summed E-state index contributed by atoms with van der Waals surface area (Å²) in [5.74, 6) is -0.236. The van der Waals surface area contributed by atoms with Crippen molar-refractivity contribution in [1.29, 1.82) is 0 Å². The molecule has 1 unspecified atom stereocenters. The molecule has 0 bridgehead atoms. The molecule has 2 aromatic carbocycles. The van der Waals surface area contributed by atoms with E-state index in [4.69, 9.17) is 23.2 Å². The number of anilines is 1. The third-order valence-electron chi connectivity index (χ3n) is 4.11. The molecular formula is C20H19Cl2N3O2S. The van der Waals surface area contributed by atoms with Crippen LogP contribution < -0.4 is 10.9 Å². The standard InChI is InChI=1S/C20H19Cl2N3O2S/c1-3-10-25-19(27)14-6-4-5-7-16(14)24-20(25)28-12(2)18(26)23-17-9-8-13(21)11-15(17)22/h4-9,11-12H,3,10H2,1-2H3,(H,23,26). The van der Waals surface area contributed by atoms with Crippen molar-refractivity contribution in [2.45, 2.75) is 37.2 Å². The molecule has 5 nitrogen and oxygen atoms in total. The summed E-state index contributed by atoms with van der Waals surface area (Å²) in [5, 5.41) is 4.27. The highest BCUT2D eigenvalue weighted by Crippen LogP contribution is 2.28. The van der Waals surface area contributed by atoms with Crippen LogP contribution >= 0.6 is 35.0 Å². The molecule has 1 aromatic heterocycles. The van der Waals surface area contributed by atoms with E-state index >= 15 is 0 Å². The predicted molar refractivity (Wildman–Crippen MR) is 117 cm³/mol. The van der Waals surface area contributed by atoms with Crippen molar-refractivity contribution in [2.24, 2.45) is 0 Å². The smallest absolute Gasteiger partial charge is 0.262 e. The van der Waals surface area contributed by atoms with E-state index in [-0.39, 0.29) is 11.5 Å². The lowest BCUT2D eigenvalue weighted by molar-refractivity contribution is -0.115. The first-order valence-corrected chi connectivity index (χ1v) is 10.5. The van der Waals surface area contributed by atoms with Crippen molar-refractivity contribution in [3.63, 3.8) is 0 Å². The summed E-state index contributed by atoms with van der Waals surface area (Å²) in [5.41, 5.74) is 1.01. The molecule has 0 saturated heterocycles. The molecule has 1 heterocycles. The van der Waals surface area contributed by atoms with E-state index in [1.54, 1.807) is 41.8 Å². The predicted octanol–water partition coefficient (Wildman–Crippen LogP) is 5.23. The van der Waals surface area contributed by atoms with Gasteiger partial charge in [-0.05, 0) is 43.7 Å². The maximum atomic E-state index is 12.8. The number of hydrogen-bond donors (Lipinski definition) is 1. The number of aromatic nitrogens is 2. The minimum Gasteiger partial charge on any atom is -0.324 e. The summed E-state index contributed by atoms with van der Waals surface area (Å²) in [7, 11) is 0. The number of halogens is 2. The Morgan fingerprint density at radius 2 is 2.00 bits per heavy atom. The lowest BCUT2D eigenvalue weighted by atomic mass is 10.2. The van der Waals surface area contributed by atoms with Gasteiger partial charge in [-0.3, -0.25) is 14.2 Å². The Labute approximate surface area is 177 Å². The van der Waals surface area contributed by atoms with Gasteiger partial charge >= 0.3 is 0 Å². The molecule has 0 saturated carbocycles. The van der Waals surface area contributed by atoms with Gasteiger partial charge in [0.2, 0.25) is 5.91 Å². The Morgan fingerprint density at radius 3 is 2.71 bits per heavy atom. The van der Waals surface area contributed by atoms with Gasteiger partial charge < -0.3 is 5.32 Å². The largest absolute Gasteiger partial charge is 0.324 e. The normalized spacial score (nSPS) is 12.1. The van der Waals surface area contributed by atoms with E-state index in [1.165, 1.54) is 11.8 Å². The quantitative estimate of drug-likeness (QED) is 0.425. The minimum atomic E-state index is -0.483. The highest BCUT2D eigenvalue weighted by atomic mass is 35.5. The van der Waals surface area contributed by atoms with Crippen LogP contribution in [0.4, 0.5) is 5.69 Å². The van der Waals surface area contributed by atoms with Crippen LogP contribution in [0.15, 0.2) is 52.4 Å². The van der Waals surface area contributed by atoms with Crippen molar-refractivity contribution in [3.8, 4) is 0 Å². The Morgan fingerprint density at radius 1 is 1.25 bits per heavy atom. The summed E-state index contributed by atoms with van der Waals surface area (Å²) in [6.07, 6.45) is 0.786. The zero-order valence-electron chi connectivity index (χ0n) is 15.4. The molecule has 1 N–H and O–H groups in total. The molecule has 0 aliphatic rings. The van der Waals surface area contributed by atoms with Gasteiger partial charge in [0.05, 0.1) is 26.9 Å². The summed E-state index contributed by atoms with van der Waals surface area (Å²) < 4.78 is 1.63. The average Bonchev–Trinajstić information content (AvgIpc) is 2.67. The Kier molecular flexibility index (Phi) is 6.65. The third kappa shape index (κ3) is 4.51. The van der Waals surface area contributed by atoms with Crippen molar-refractivity contribution in [1.82, 2.24) is 9.55 Å². The number of para-hydroxylation sites is 1. The number of benzene rings is 2. The monoisotopic (exact) mass is 435 g/mol. The number of thioether (sulfide) groups is 1. The number of carbonyl (C=O) groups is 1. The maximum absolute atomic E-state index is 12.8. The van der Waals surface area contributed by atoms with Crippen LogP contribution in [0.2, 0.25) is 10.0 Å². The van der Waals surface area contributed by atoms with Crippen LogP contribution in [0.25, 0.3) is 10.9 Å². The van der Waals surface area contributed by atoms with Crippen LogP contribution in [0, 0.1) is 0 Å². The Balaban J connectivity index is 1.87. The minimum absolute atomic E-state index is 0.0942. The van der Waals surface area contributed by atoms with Crippen molar-refractivity contribution < 1.29 is 4.79 Å². The van der Waals surface area contributed by atoms with Gasteiger partial charge in [0.15, 0.2) is 5.16 Å². The number of carbonyl (C=O) groups excluding carboxylic acids is 1. The second-order valence-electron chi connectivity index (χ2n) is 6.24. The molecule has 28 heavy (non-hydrogen) atoms. The first-order valence-electron chi connectivity index (χ1n) is 8.83. The number of nitrogens with zero attached hydrogens (tertiary/aromatic N) is 2. The van der Waals surface area contributed by atoms with Gasteiger partial charge in [0, 0.05) is 11.6 Å². The molecule has 8 heteroatoms. The van der Waals surface area contributed by atoms with E-state index in [0.29, 0.717) is 38.3 Å². The SMILES string of the molecule is CCCn1c(SC(C)C(=O)Nc2ccc(Cl)cc2Cl)nc2ccccc2c1=O. The fourth-order valence-corrected chi connectivity index (χ4v) is 4.09. The molecule has 0 aliphatic carbocycles. The lowest BCUT2D eigenvalue weighted by Crippen LogP contribution is -2.27. The second-order valence-corrected chi connectivity index (χ2v) is 8.39. The fraction of sp³-hybridized carbons (Fsp3) is 0.250. The van der Waals surface area contributed by atoms with Gasteiger partial charge in [0.1, 0.15) is 0 Å². The number of rotatable bonds is 6. The second kappa shape index (κ2) is 8.99. The van der Waals surface area contributed by atoms with Gasteiger partial charge in [-0.25, -0.2) is 4.98 Å². The maximum Gasteiger partial charge on any atom is 0.262 e. The number of amides is 1. The first kappa shape index (κ1) is 20.7. The van der Waals surface area contributed by atoms with E-state index in [9.17, 15) is 9.59 Å². The molecule has 0 aliphatic heterocycles. The molecule has 0 fully saturated rings. The van der Waals surface area contributed by atoms with Crippen LogP contribution in [-0.4, -0.2) is 20.7 Å². The molecule has 0 radical (unpaired) electrons.